The maximum Gasteiger partial charge on any atom is 0.246 e. The van der Waals surface area contributed by atoms with Gasteiger partial charge in [0.25, 0.3) is 0 Å². The summed E-state index contributed by atoms with van der Waals surface area (Å²) in [6, 6.07) is 0. The number of nitro groups is 1. The molecule has 0 aliphatic rings. The Hall–Kier alpha value is -0.680. The fourth-order valence-corrected chi connectivity index (χ4v) is 0.390. The molecule has 0 aliphatic heterocycles. The highest BCUT2D eigenvalue weighted by atomic mass is 16.6. The molecule has 5 nitrogen and oxygen atoms in total. The van der Waals surface area contributed by atoms with Gasteiger partial charge in [0.1, 0.15) is 0 Å². The van der Waals surface area contributed by atoms with Crippen LogP contribution in [0.2, 0.25) is 0 Å². The first-order valence-corrected chi connectivity index (χ1v) is 3.23. The zero-order valence-corrected chi connectivity index (χ0v) is 6.87. The van der Waals surface area contributed by atoms with Gasteiger partial charge < -0.3 is 10.2 Å². The van der Waals surface area contributed by atoms with E-state index in [2.05, 4.69) is 0 Å². The van der Waals surface area contributed by atoms with Gasteiger partial charge in [-0.1, -0.05) is 0 Å². The highest BCUT2D eigenvalue weighted by Crippen LogP contribution is 2.23. The number of hydrogen-bond donors (Lipinski definition) is 2. The Morgan fingerprint density at radius 3 is 1.91 bits per heavy atom. The minimum absolute atomic E-state index is 0.608. The number of nitrogens with zero attached hydrogens (tertiary/aromatic N) is 1. The van der Waals surface area contributed by atoms with Gasteiger partial charge in [-0.15, -0.1) is 0 Å². The molecule has 1 atom stereocenters. The van der Waals surface area contributed by atoms with Crippen molar-refractivity contribution in [2.24, 2.45) is 0 Å². The SMILES string of the molecule is CC(O)(CO)C(C)(C)[N+](=O)[O-]. The van der Waals surface area contributed by atoms with Gasteiger partial charge in [-0.05, 0) is 6.92 Å². The van der Waals surface area contributed by atoms with Crippen molar-refractivity contribution in [3.8, 4) is 0 Å². The van der Waals surface area contributed by atoms with Gasteiger partial charge in [-0.2, -0.15) is 0 Å². The zero-order valence-electron chi connectivity index (χ0n) is 6.87. The Morgan fingerprint density at radius 1 is 1.45 bits per heavy atom. The van der Waals surface area contributed by atoms with Crippen LogP contribution in [0.5, 0.6) is 0 Å². The van der Waals surface area contributed by atoms with E-state index in [1.165, 1.54) is 20.8 Å². The lowest BCUT2D eigenvalue weighted by molar-refractivity contribution is -0.585. The van der Waals surface area contributed by atoms with Gasteiger partial charge in [0.2, 0.25) is 5.54 Å². The number of rotatable bonds is 3. The average Bonchev–Trinajstić information content (AvgIpc) is 1.87. The van der Waals surface area contributed by atoms with Crippen molar-refractivity contribution in [2.75, 3.05) is 6.61 Å². The second-order valence-electron chi connectivity index (χ2n) is 3.25. The van der Waals surface area contributed by atoms with E-state index in [0.717, 1.165) is 0 Å². The van der Waals surface area contributed by atoms with E-state index in [4.69, 9.17) is 5.11 Å². The van der Waals surface area contributed by atoms with Crippen LogP contribution in [0.15, 0.2) is 0 Å². The summed E-state index contributed by atoms with van der Waals surface area (Å²) in [4.78, 5) is 9.75. The van der Waals surface area contributed by atoms with E-state index < -0.39 is 22.7 Å². The Kier molecular flexibility index (Phi) is 2.58. The van der Waals surface area contributed by atoms with Crippen molar-refractivity contribution in [1.82, 2.24) is 0 Å². The van der Waals surface area contributed by atoms with Crippen LogP contribution in [-0.2, 0) is 0 Å². The van der Waals surface area contributed by atoms with Crippen LogP contribution >= 0.6 is 0 Å². The number of hydrogen-bond acceptors (Lipinski definition) is 4. The van der Waals surface area contributed by atoms with Gasteiger partial charge in [0.05, 0.1) is 6.61 Å². The standard InChI is InChI=1S/C6H13NO4/c1-5(2,7(10)11)6(3,9)4-8/h8-9H,4H2,1-3H3. The van der Waals surface area contributed by atoms with Crippen LogP contribution in [0.3, 0.4) is 0 Å². The van der Waals surface area contributed by atoms with Crippen LogP contribution in [0.1, 0.15) is 20.8 Å². The van der Waals surface area contributed by atoms with Crippen LogP contribution < -0.4 is 0 Å². The maximum atomic E-state index is 10.4. The summed E-state index contributed by atoms with van der Waals surface area (Å²) in [6.07, 6.45) is 0. The Bertz CT molecular complexity index is 164. The third-order valence-corrected chi connectivity index (χ3v) is 2.08. The van der Waals surface area contributed by atoms with Crippen LogP contribution in [0.4, 0.5) is 0 Å². The lowest BCUT2D eigenvalue weighted by Crippen LogP contribution is -2.55. The molecule has 0 amide bonds. The zero-order chi connectivity index (χ0) is 9.28. The molecular weight excluding hydrogens is 150 g/mol. The van der Waals surface area contributed by atoms with Crippen molar-refractivity contribution >= 4 is 0 Å². The molecule has 0 rings (SSSR count). The smallest absolute Gasteiger partial charge is 0.246 e. The van der Waals surface area contributed by atoms with Crippen LogP contribution in [0.25, 0.3) is 0 Å². The van der Waals surface area contributed by atoms with Gasteiger partial charge in [0, 0.05) is 18.8 Å². The van der Waals surface area contributed by atoms with Crippen molar-refractivity contribution in [3.05, 3.63) is 10.1 Å². The topological polar surface area (TPSA) is 83.6 Å². The number of aliphatic hydroxyl groups excluding tert-OH is 1. The van der Waals surface area contributed by atoms with Crippen molar-refractivity contribution in [2.45, 2.75) is 31.9 Å². The predicted octanol–water partition coefficient (Wildman–Crippen LogP) is -0.215. The van der Waals surface area contributed by atoms with Crippen molar-refractivity contribution < 1.29 is 15.1 Å². The molecule has 0 aromatic rings. The minimum atomic E-state index is -1.68. The fraction of sp³-hybridized carbons (Fsp3) is 1.00. The third kappa shape index (κ3) is 1.66. The highest BCUT2D eigenvalue weighted by molar-refractivity contribution is 4.89. The van der Waals surface area contributed by atoms with Gasteiger partial charge >= 0.3 is 0 Å². The van der Waals surface area contributed by atoms with E-state index in [-0.39, 0.29) is 0 Å². The summed E-state index contributed by atoms with van der Waals surface area (Å²) in [6.45, 7) is 3.14. The molecule has 0 aliphatic carbocycles. The molecule has 0 spiro atoms. The average molecular weight is 163 g/mol. The molecule has 2 N–H and O–H groups in total. The molecule has 11 heavy (non-hydrogen) atoms. The molecule has 0 radical (unpaired) electrons. The second kappa shape index (κ2) is 2.75. The lowest BCUT2D eigenvalue weighted by atomic mass is 9.86. The second-order valence-corrected chi connectivity index (χ2v) is 3.25. The molecule has 0 saturated carbocycles. The Morgan fingerprint density at radius 2 is 1.82 bits per heavy atom. The third-order valence-electron chi connectivity index (χ3n) is 2.08. The molecule has 5 heteroatoms. The van der Waals surface area contributed by atoms with Gasteiger partial charge in [-0.3, -0.25) is 10.1 Å². The van der Waals surface area contributed by atoms with Gasteiger partial charge in [-0.25, -0.2) is 0 Å². The van der Waals surface area contributed by atoms with E-state index >= 15 is 0 Å². The fourth-order valence-electron chi connectivity index (χ4n) is 0.390. The number of aliphatic hydroxyl groups is 2. The summed E-state index contributed by atoms with van der Waals surface area (Å²) in [5.74, 6) is 0. The van der Waals surface area contributed by atoms with Gasteiger partial charge in [0.15, 0.2) is 5.60 Å². The lowest BCUT2D eigenvalue weighted by Gasteiger charge is -2.30. The molecular formula is C6H13NO4. The highest BCUT2D eigenvalue weighted by Gasteiger charge is 2.49. The molecule has 1 unspecified atom stereocenters. The first kappa shape index (κ1) is 10.3. The summed E-state index contributed by atoms with van der Waals surface area (Å²) in [7, 11) is 0. The largest absolute Gasteiger partial charge is 0.393 e. The van der Waals surface area contributed by atoms with E-state index in [0.29, 0.717) is 0 Å². The predicted molar refractivity (Wildman–Crippen MR) is 38.8 cm³/mol. The van der Waals surface area contributed by atoms with E-state index in [9.17, 15) is 15.2 Å². The molecule has 0 aromatic heterocycles. The molecule has 0 saturated heterocycles. The maximum absolute atomic E-state index is 10.4. The summed E-state index contributed by atoms with van der Waals surface area (Å²) in [5, 5.41) is 28.3. The summed E-state index contributed by atoms with van der Waals surface area (Å²) >= 11 is 0. The molecule has 0 aromatic carbocycles. The van der Waals surface area contributed by atoms with Crippen molar-refractivity contribution in [3.63, 3.8) is 0 Å². The first-order chi connectivity index (χ1) is 4.75. The summed E-state index contributed by atoms with van der Waals surface area (Å²) < 4.78 is 0. The van der Waals surface area contributed by atoms with E-state index in [1.54, 1.807) is 0 Å². The van der Waals surface area contributed by atoms with Crippen molar-refractivity contribution in [1.29, 1.82) is 0 Å². The monoisotopic (exact) mass is 163 g/mol. The van der Waals surface area contributed by atoms with Crippen LogP contribution in [-0.4, -0.2) is 32.9 Å². The first-order valence-electron chi connectivity index (χ1n) is 3.23. The summed E-state index contributed by atoms with van der Waals surface area (Å²) in [5.41, 5.74) is -3.21. The molecule has 66 valence electrons. The quantitative estimate of drug-likeness (QED) is 0.445. The van der Waals surface area contributed by atoms with E-state index in [1.807, 2.05) is 0 Å². The minimum Gasteiger partial charge on any atom is -0.393 e. The Labute approximate surface area is 64.8 Å². The molecule has 0 bridgehead atoms. The molecule has 0 heterocycles. The normalized spacial score (nSPS) is 17.5. The molecule has 0 fully saturated rings. The Balaban J connectivity index is 4.67. The van der Waals surface area contributed by atoms with Crippen LogP contribution in [0, 0.1) is 10.1 Å².